The second-order valence-electron chi connectivity index (χ2n) is 5.04. The Morgan fingerprint density at radius 1 is 1.39 bits per heavy atom. The number of hydrogen-bond donors (Lipinski definition) is 2. The molecule has 1 aliphatic rings. The first-order valence-corrected chi connectivity index (χ1v) is 6.96. The fourth-order valence-electron chi connectivity index (χ4n) is 2.85. The second-order valence-corrected chi connectivity index (χ2v) is 5.04. The van der Waals surface area contributed by atoms with Gasteiger partial charge in [-0.2, -0.15) is 0 Å². The van der Waals surface area contributed by atoms with E-state index in [9.17, 15) is 5.11 Å². The van der Waals surface area contributed by atoms with Gasteiger partial charge in [0.15, 0.2) is 0 Å². The number of rotatable bonds is 5. The molecule has 1 aliphatic heterocycles. The van der Waals surface area contributed by atoms with Gasteiger partial charge in [0, 0.05) is 6.04 Å². The summed E-state index contributed by atoms with van der Waals surface area (Å²) in [5.41, 5.74) is 1.00. The van der Waals surface area contributed by atoms with E-state index >= 15 is 0 Å². The summed E-state index contributed by atoms with van der Waals surface area (Å²) < 4.78 is 0. The van der Waals surface area contributed by atoms with E-state index in [4.69, 9.17) is 0 Å². The Morgan fingerprint density at radius 2 is 2.11 bits per heavy atom. The van der Waals surface area contributed by atoms with Gasteiger partial charge in [-0.3, -0.25) is 4.90 Å². The first-order chi connectivity index (χ1) is 8.74. The van der Waals surface area contributed by atoms with Crippen LogP contribution in [0.5, 0.6) is 0 Å². The Balaban J connectivity index is 2.06. The van der Waals surface area contributed by atoms with Gasteiger partial charge < -0.3 is 10.4 Å². The number of benzene rings is 1. The van der Waals surface area contributed by atoms with Gasteiger partial charge in [0.25, 0.3) is 0 Å². The van der Waals surface area contributed by atoms with E-state index in [1.807, 2.05) is 30.3 Å². The molecule has 0 amide bonds. The number of aliphatic hydroxyl groups is 1. The molecule has 1 aromatic carbocycles. The molecule has 1 aromatic rings. The van der Waals surface area contributed by atoms with Crippen LogP contribution in [0.4, 0.5) is 0 Å². The maximum absolute atomic E-state index is 10.5. The maximum atomic E-state index is 10.5. The number of hydrogen-bond acceptors (Lipinski definition) is 3. The molecule has 1 heterocycles. The SMILES string of the molecule is CCN(C1CCCN1)C(C)C(O)c1ccccc1. The lowest BCUT2D eigenvalue weighted by Gasteiger charge is -2.36. The summed E-state index contributed by atoms with van der Waals surface area (Å²) in [6.45, 7) is 6.33. The molecule has 0 spiro atoms. The molecule has 2 N–H and O–H groups in total. The van der Waals surface area contributed by atoms with Crippen LogP contribution >= 0.6 is 0 Å². The molecule has 0 bridgehead atoms. The summed E-state index contributed by atoms with van der Waals surface area (Å²) >= 11 is 0. The average Bonchev–Trinajstić information content (AvgIpc) is 2.93. The quantitative estimate of drug-likeness (QED) is 0.838. The van der Waals surface area contributed by atoms with Crippen molar-refractivity contribution in [3.05, 3.63) is 35.9 Å². The number of likely N-dealkylation sites (N-methyl/N-ethyl adjacent to an activating group) is 1. The lowest BCUT2D eigenvalue weighted by Crippen LogP contribution is -2.48. The van der Waals surface area contributed by atoms with Crippen molar-refractivity contribution in [3.8, 4) is 0 Å². The molecule has 1 saturated heterocycles. The smallest absolute Gasteiger partial charge is 0.0943 e. The third-order valence-electron chi connectivity index (χ3n) is 3.92. The Bertz CT molecular complexity index is 349. The molecule has 2 rings (SSSR count). The standard InChI is InChI=1S/C15H24N2O/c1-3-17(14-10-7-11-16-14)12(2)15(18)13-8-5-4-6-9-13/h4-6,8-9,12,14-16,18H,3,7,10-11H2,1-2H3. The van der Waals surface area contributed by atoms with E-state index in [-0.39, 0.29) is 6.04 Å². The fourth-order valence-corrected chi connectivity index (χ4v) is 2.85. The minimum Gasteiger partial charge on any atom is -0.387 e. The second kappa shape index (κ2) is 6.32. The van der Waals surface area contributed by atoms with E-state index in [1.165, 1.54) is 12.8 Å². The predicted molar refractivity (Wildman–Crippen MR) is 74.3 cm³/mol. The zero-order valence-electron chi connectivity index (χ0n) is 11.3. The lowest BCUT2D eigenvalue weighted by atomic mass is 10.0. The van der Waals surface area contributed by atoms with E-state index in [1.54, 1.807) is 0 Å². The number of nitrogens with zero attached hydrogens (tertiary/aromatic N) is 1. The van der Waals surface area contributed by atoms with Gasteiger partial charge in [-0.25, -0.2) is 0 Å². The minimum atomic E-state index is -0.423. The van der Waals surface area contributed by atoms with Crippen molar-refractivity contribution in [1.29, 1.82) is 0 Å². The zero-order valence-corrected chi connectivity index (χ0v) is 11.3. The predicted octanol–water partition coefficient (Wildman–Crippen LogP) is 2.14. The van der Waals surface area contributed by atoms with Crippen molar-refractivity contribution < 1.29 is 5.11 Å². The summed E-state index contributed by atoms with van der Waals surface area (Å²) in [5.74, 6) is 0. The molecular formula is C15H24N2O. The minimum absolute atomic E-state index is 0.132. The van der Waals surface area contributed by atoms with Crippen LogP contribution in [0.2, 0.25) is 0 Å². The van der Waals surface area contributed by atoms with Crippen LogP contribution in [-0.4, -0.2) is 35.3 Å². The van der Waals surface area contributed by atoms with Crippen molar-refractivity contribution in [3.63, 3.8) is 0 Å². The third-order valence-corrected chi connectivity index (χ3v) is 3.92. The topological polar surface area (TPSA) is 35.5 Å². The average molecular weight is 248 g/mol. The molecule has 18 heavy (non-hydrogen) atoms. The molecule has 3 heteroatoms. The molecule has 3 atom stereocenters. The van der Waals surface area contributed by atoms with Crippen LogP contribution in [0.25, 0.3) is 0 Å². The highest BCUT2D eigenvalue weighted by Gasteiger charge is 2.29. The molecule has 3 nitrogen and oxygen atoms in total. The third kappa shape index (κ3) is 2.91. The van der Waals surface area contributed by atoms with E-state index in [2.05, 4.69) is 24.1 Å². The highest BCUT2D eigenvalue weighted by molar-refractivity contribution is 5.18. The van der Waals surface area contributed by atoms with Crippen LogP contribution in [0.15, 0.2) is 30.3 Å². The van der Waals surface area contributed by atoms with E-state index in [0.717, 1.165) is 18.7 Å². The Kier molecular flexibility index (Phi) is 4.75. The lowest BCUT2D eigenvalue weighted by molar-refractivity contribution is 0.0307. The van der Waals surface area contributed by atoms with Crippen LogP contribution in [0, 0.1) is 0 Å². The molecule has 0 radical (unpaired) electrons. The molecule has 3 unspecified atom stereocenters. The maximum Gasteiger partial charge on any atom is 0.0943 e. The van der Waals surface area contributed by atoms with Crippen molar-refractivity contribution in [2.45, 2.75) is 45.0 Å². The first kappa shape index (κ1) is 13.5. The number of aliphatic hydroxyl groups excluding tert-OH is 1. The van der Waals surface area contributed by atoms with Crippen molar-refractivity contribution in [1.82, 2.24) is 10.2 Å². The van der Waals surface area contributed by atoms with Crippen molar-refractivity contribution >= 4 is 0 Å². The zero-order chi connectivity index (χ0) is 13.0. The van der Waals surface area contributed by atoms with Crippen LogP contribution < -0.4 is 5.32 Å². The first-order valence-electron chi connectivity index (χ1n) is 6.96. The fraction of sp³-hybridized carbons (Fsp3) is 0.600. The van der Waals surface area contributed by atoms with E-state index in [0.29, 0.717) is 6.17 Å². The Labute approximate surface area is 110 Å². The summed E-state index contributed by atoms with van der Waals surface area (Å²) in [6.07, 6.45) is 2.41. The van der Waals surface area contributed by atoms with Crippen molar-refractivity contribution in [2.24, 2.45) is 0 Å². The Hall–Kier alpha value is -0.900. The molecular weight excluding hydrogens is 224 g/mol. The van der Waals surface area contributed by atoms with Gasteiger partial charge >= 0.3 is 0 Å². The summed E-state index contributed by atoms with van der Waals surface area (Å²) in [6, 6.07) is 10.1. The molecule has 0 aromatic heterocycles. The normalized spacial score (nSPS) is 23.2. The molecule has 1 fully saturated rings. The van der Waals surface area contributed by atoms with Gasteiger partial charge in [0.05, 0.1) is 12.3 Å². The molecule has 0 saturated carbocycles. The van der Waals surface area contributed by atoms with Gasteiger partial charge in [0.1, 0.15) is 0 Å². The van der Waals surface area contributed by atoms with Gasteiger partial charge in [0.2, 0.25) is 0 Å². The highest BCUT2D eigenvalue weighted by atomic mass is 16.3. The highest BCUT2D eigenvalue weighted by Crippen LogP contribution is 2.23. The van der Waals surface area contributed by atoms with Gasteiger partial charge in [-0.1, -0.05) is 37.3 Å². The summed E-state index contributed by atoms with van der Waals surface area (Å²) in [4.78, 5) is 2.37. The van der Waals surface area contributed by atoms with Crippen molar-refractivity contribution in [2.75, 3.05) is 13.1 Å². The number of nitrogens with one attached hydrogen (secondary N) is 1. The molecule has 100 valence electrons. The van der Waals surface area contributed by atoms with E-state index < -0.39 is 6.10 Å². The van der Waals surface area contributed by atoms with Gasteiger partial charge in [-0.15, -0.1) is 0 Å². The van der Waals surface area contributed by atoms with Crippen LogP contribution in [0.3, 0.4) is 0 Å². The van der Waals surface area contributed by atoms with Crippen LogP contribution in [0.1, 0.15) is 38.4 Å². The summed E-state index contributed by atoms with van der Waals surface area (Å²) in [7, 11) is 0. The van der Waals surface area contributed by atoms with Gasteiger partial charge in [-0.05, 0) is 38.4 Å². The van der Waals surface area contributed by atoms with Crippen LogP contribution in [-0.2, 0) is 0 Å². The largest absolute Gasteiger partial charge is 0.387 e. The monoisotopic (exact) mass is 248 g/mol. The Morgan fingerprint density at radius 3 is 2.67 bits per heavy atom. The summed E-state index contributed by atoms with van der Waals surface area (Å²) in [5, 5.41) is 14.0. The molecule has 0 aliphatic carbocycles.